The Morgan fingerprint density at radius 2 is 2.06 bits per heavy atom. The Bertz CT molecular complexity index is 247. The highest BCUT2D eigenvalue weighted by molar-refractivity contribution is 4.97. The maximum absolute atomic E-state index is 5.27. The van der Waals surface area contributed by atoms with Crippen molar-refractivity contribution in [1.29, 1.82) is 0 Å². The molecule has 0 fully saturated rings. The van der Waals surface area contributed by atoms with Crippen molar-refractivity contribution in [2.24, 2.45) is 11.8 Å². The molecule has 0 saturated heterocycles. The Balaban J connectivity index is 2.31. The van der Waals surface area contributed by atoms with Crippen LogP contribution in [-0.2, 0) is 4.74 Å². The second kappa shape index (κ2) is 6.55. The van der Waals surface area contributed by atoms with Gasteiger partial charge in [-0.05, 0) is 58.3 Å². The Hall–Kier alpha value is -0.340. The van der Waals surface area contributed by atoms with Gasteiger partial charge in [-0.15, -0.1) is 0 Å². The molecule has 0 spiro atoms. The van der Waals surface area contributed by atoms with E-state index in [0.717, 1.165) is 11.8 Å². The van der Waals surface area contributed by atoms with Gasteiger partial charge in [0.1, 0.15) is 6.23 Å². The van der Waals surface area contributed by atoms with E-state index < -0.39 is 0 Å². The molecule has 0 aromatic heterocycles. The van der Waals surface area contributed by atoms with Crippen LogP contribution in [0.15, 0.2) is 12.2 Å². The summed E-state index contributed by atoms with van der Waals surface area (Å²) in [5.41, 5.74) is 0.159. The van der Waals surface area contributed by atoms with Crippen LogP contribution in [0, 0.1) is 11.8 Å². The zero-order chi connectivity index (χ0) is 12.9. The summed E-state index contributed by atoms with van der Waals surface area (Å²) >= 11 is 0. The predicted octanol–water partition coefficient (Wildman–Crippen LogP) is 3.73. The van der Waals surface area contributed by atoms with Gasteiger partial charge in [0.15, 0.2) is 0 Å². The number of nitrogens with one attached hydrogen (secondary N) is 1. The van der Waals surface area contributed by atoms with Crippen molar-refractivity contribution < 1.29 is 4.74 Å². The summed E-state index contributed by atoms with van der Waals surface area (Å²) in [5.74, 6) is 1.57. The van der Waals surface area contributed by atoms with E-state index in [4.69, 9.17) is 4.74 Å². The summed E-state index contributed by atoms with van der Waals surface area (Å²) in [6, 6.07) is 0. The van der Waals surface area contributed by atoms with Crippen LogP contribution in [0.4, 0.5) is 0 Å². The molecular weight excluding hydrogens is 210 g/mol. The van der Waals surface area contributed by atoms with Crippen molar-refractivity contribution in [3.63, 3.8) is 0 Å². The normalized spacial score (nSPS) is 27.1. The largest absolute Gasteiger partial charge is 0.367 e. The topological polar surface area (TPSA) is 21.3 Å². The molecular formula is C15H29NO. The molecule has 17 heavy (non-hydrogen) atoms. The maximum atomic E-state index is 5.27. The first-order valence-electron chi connectivity index (χ1n) is 6.92. The van der Waals surface area contributed by atoms with E-state index in [2.05, 4.69) is 45.2 Å². The molecule has 0 heterocycles. The van der Waals surface area contributed by atoms with Crippen molar-refractivity contribution >= 4 is 0 Å². The molecule has 2 heteroatoms. The maximum Gasteiger partial charge on any atom is 0.105 e. The molecule has 0 aromatic carbocycles. The van der Waals surface area contributed by atoms with Crippen molar-refractivity contribution in [1.82, 2.24) is 5.32 Å². The van der Waals surface area contributed by atoms with Crippen LogP contribution in [0.25, 0.3) is 0 Å². The number of hydrogen-bond donors (Lipinski definition) is 1. The first-order valence-corrected chi connectivity index (χ1v) is 6.92. The SMILES string of the molecule is COC(C)NC(C)(C)CCC1C=CC(C)CC1. The van der Waals surface area contributed by atoms with Crippen LogP contribution >= 0.6 is 0 Å². The highest BCUT2D eigenvalue weighted by atomic mass is 16.5. The Labute approximate surface area is 107 Å². The van der Waals surface area contributed by atoms with Gasteiger partial charge in [0.25, 0.3) is 0 Å². The first-order chi connectivity index (χ1) is 7.93. The molecule has 1 N–H and O–H groups in total. The quantitative estimate of drug-likeness (QED) is 0.563. The summed E-state index contributed by atoms with van der Waals surface area (Å²) in [4.78, 5) is 0. The summed E-state index contributed by atoms with van der Waals surface area (Å²) in [6.07, 6.45) is 10.1. The monoisotopic (exact) mass is 239 g/mol. The molecule has 1 aliphatic carbocycles. The molecule has 100 valence electrons. The van der Waals surface area contributed by atoms with Gasteiger partial charge >= 0.3 is 0 Å². The average molecular weight is 239 g/mol. The zero-order valence-corrected chi connectivity index (χ0v) is 12.1. The molecule has 0 aliphatic heterocycles. The fourth-order valence-electron chi connectivity index (χ4n) is 2.48. The summed E-state index contributed by atoms with van der Waals surface area (Å²) < 4.78 is 5.27. The second-order valence-electron chi connectivity index (χ2n) is 6.14. The Morgan fingerprint density at radius 1 is 1.35 bits per heavy atom. The molecule has 0 aromatic rings. The van der Waals surface area contributed by atoms with Crippen molar-refractivity contribution in [2.75, 3.05) is 7.11 Å². The van der Waals surface area contributed by atoms with Crippen molar-refractivity contribution in [2.45, 2.75) is 65.1 Å². The summed E-state index contributed by atoms with van der Waals surface area (Å²) in [6.45, 7) is 8.89. The third-order valence-corrected chi connectivity index (χ3v) is 3.79. The lowest BCUT2D eigenvalue weighted by Gasteiger charge is -2.31. The van der Waals surface area contributed by atoms with E-state index in [0.29, 0.717) is 0 Å². The standard InChI is InChI=1S/C15H29NO/c1-12-6-8-14(9-7-12)10-11-15(3,4)16-13(2)17-5/h6,8,12-14,16H,7,9-11H2,1-5H3. The lowest BCUT2D eigenvalue weighted by atomic mass is 9.84. The van der Waals surface area contributed by atoms with E-state index in [1.165, 1.54) is 25.7 Å². The highest BCUT2D eigenvalue weighted by Gasteiger charge is 2.22. The van der Waals surface area contributed by atoms with Gasteiger partial charge in [0.2, 0.25) is 0 Å². The molecule has 0 amide bonds. The number of allylic oxidation sites excluding steroid dienone is 2. The smallest absolute Gasteiger partial charge is 0.105 e. The van der Waals surface area contributed by atoms with E-state index in [9.17, 15) is 0 Å². The van der Waals surface area contributed by atoms with Crippen LogP contribution < -0.4 is 5.32 Å². The lowest BCUT2D eigenvalue weighted by molar-refractivity contribution is 0.0600. The number of hydrogen-bond acceptors (Lipinski definition) is 2. The third kappa shape index (κ3) is 5.69. The minimum absolute atomic E-state index is 0.131. The van der Waals surface area contributed by atoms with Gasteiger partial charge in [-0.25, -0.2) is 0 Å². The molecule has 0 radical (unpaired) electrons. The molecule has 0 saturated carbocycles. The number of rotatable bonds is 6. The van der Waals surface area contributed by atoms with Gasteiger partial charge in [-0.3, -0.25) is 5.32 Å². The summed E-state index contributed by atoms with van der Waals surface area (Å²) in [5, 5.41) is 3.51. The first kappa shape index (κ1) is 14.7. The van der Waals surface area contributed by atoms with Gasteiger partial charge in [0, 0.05) is 12.6 Å². The van der Waals surface area contributed by atoms with Crippen molar-refractivity contribution in [3.8, 4) is 0 Å². The van der Waals surface area contributed by atoms with Gasteiger partial charge in [-0.2, -0.15) is 0 Å². The molecule has 1 rings (SSSR count). The third-order valence-electron chi connectivity index (χ3n) is 3.79. The van der Waals surface area contributed by atoms with Gasteiger partial charge in [0.05, 0.1) is 0 Å². The minimum Gasteiger partial charge on any atom is -0.367 e. The van der Waals surface area contributed by atoms with E-state index in [-0.39, 0.29) is 11.8 Å². The highest BCUT2D eigenvalue weighted by Crippen LogP contribution is 2.27. The molecule has 2 nitrogen and oxygen atoms in total. The second-order valence-corrected chi connectivity index (χ2v) is 6.14. The van der Waals surface area contributed by atoms with Crippen molar-refractivity contribution in [3.05, 3.63) is 12.2 Å². The van der Waals surface area contributed by atoms with Gasteiger partial charge < -0.3 is 4.74 Å². The lowest BCUT2D eigenvalue weighted by Crippen LogP contribution is -2.45. The zero-order valence-electron chi connectivity index (χ0n) is 12.1. The molecule has 0 bridgehead atoms. The average Bonchev–Trinajstić information content (AvgIpc) is 2.28. The van der Waals surface area contributed by atoms with Crippen LogP contribution in [0.3, 0.4) is 0 Å². The molecule has 3 atom stereocenters. The van der Waals surface area contributed by atoms with E-state index in [1.54, 1.807) is 7.11 Å². The number of methoxy groups -OCH3 is 1. The van der Waals surface area contributed by atoms with Crippen LogP contribution in [0.5, 0.6) is 0 Å². The Morgan fingerprint density at radius 3 is 2.59 bits per heavy atom. The van der Waals surface area contributed by atoms with Crippen LogP contribution in [-0.4, -0.2) is 18.9 Å². The molecule has 3 unspecified atom stereocenters. The minimum atomic E-state index is 0.131. The predicted molar refractivity (Wildman–Crippen MR) is 73.9 cm³/mol. The van der Waals surface area contributed by atoms with E-state index >= 15 is 0 Å². The number of ether oxygens (including phenoxy) is 1. The van der Waals surface area contributed by atoms with E-state index in [1.807, 2.05) is 0 Å². The fraction of sp³-hybridized carbons (Fsp3) is 0.867. The Kier molecular flexibility index (Phi) is 5.68. The van der Waals surface area contributed by atoms with Gasteiger partial charge in [-0.1, -0.05) is 19.1 Å². The van der Waals surface area contributed by atoms with Crippen LogP contribution in [0.1, 0.15) is 53.4 Å². The summed E-state index contributed by atoms with van der Waals surface area (Å²) in [7, 11) is 1.75. The van der Waals surface area contributed by atoms with Crippen LogP contribution in [0.2, 0.25) is 0 Å². The fourth-order valence-corrected chi connectivity index (χ4v) is 2.48. The molecule has 1 aliphatic rings.